The van der Waals surface area contributed by atoms with Crippen LogP contribution in [0.4, 0.5) is 0 Å². The standard InChI is InChI=1S/C19H24N4O2/c1-13-12-17(14(2)23(13)18-6-4-5-9-20-18)19(25)21-16-7-10-22(11-8-16)15(3)24/h4-6,9,12,16H,7-8,10-11H2,1-3H3,(H,21,25). The highest BCUT2D eigenvalue weighted by Gasteiger charge is 2.24. The van der Waals surface area contributed by atoms with Crippen LogP contribution < -0.4 is 5.32 Å². The summed E-state index contributed by atoms with van der Waals surface area (Å²) in [6.07, 6.45) is 3.34. The summed E-state index contributed by atoms with van der Waals surface area (Å²) >= 11 is 0. The Bertz CT molecular complexity index is 774. The lowest BCUT2D eigenvalue weighted by Gasteiger charge is -2.31. The molecule has 132 valence electrons. The van der Waals surface area contributed by atoms with Crippen molar-refractivity contribution >= 4 is 11.8 Å². The number of aryl methyl sites for hydroxylation is 1. The van der Waals surface area contributed by atoms with Gasteiger partial charge in [0.1, 0.15) is 5.82 Å². The van der Waals surface area contributed by atoms with Gasteiger partial charge in [-0.3, -0.25) is 9.59 Å². The van der Waals surface area contributed by atoms with E-state index in [1.807, 2.05) is 47.6 Å². The van der Waals surface area contributed by atoms with Crippen molar-refractivity contribution in [1.29, 1.82) is 0 Å². The highest BCUT2D eigenvalue weighted by Crippen LogP contribution is 2.20. The number of nitrogens with zero attached hydrogens (tertiary/aromatic N) is 3. The van der Waals surface area contributed by atoms with Gasteiger partial charge in [-0.05, 0) is 44.9 Å². The predicted octanol–water partition coefficient (Wildman–Crippen LogP) is 2.23. The summed E-state index contributed by atoms with van der Waals surface area (Å²) in [7, 11) is 0. The molecule has 3 heterocycles. The van der Waals surface area contributed by atoms with Crippen molar-refractivity contribution in [2.24, 2.45) is 0 Å². The molecular weight excluding hydrogens is 316 g/mol. The number of nitrogens with one attached hydrogen (secondary N) is 1. The van der Waals surface area contributed by atoms with Crippen LogP contribution in [0.2, 0.25) is 0 Å². The molecule has 0 unspecified atom stereocenters. The number of aromatic nitrogens is 2. The number of amides is 2. The molecule has 1 saturated heterocycles. The SMILES string of the molecule is CC(=O)N1CCC(NC(=O)c2cc(C)n(-c3ccccn3)c2C)CC1. The van der Waals surface area contributed by atoms with Crippen LogP contribution in [0.1, 0.15) is 41.5 Å². The first-order chi connectivity index (χ1) is 12.0. The first kappa shape index (κ1) is 17.2. The van der Waals surface area contributed by atoms with Gasteiger partial charge >= 0.3 is 0 Å². The minimum atomic E-state index is -0.0587. The minimum Gasteiger partial charge on any atom is -0.349 e. The van der Waals surface area contributed by atoms with E-state index >= 15 is 0 Å². The molecule has 0 radical (unpaired) electrons. The maximum atomic E-state index is 12.7. The van der Waals surface area contributed by atoms with Crippen LogP contribution in [0, 0.1) is 13.8 Å². The van der Waals surface area contributed by atoms with Gasteiger partial charge in [0.25, 0.3) is 5.91 Å². The molecule has 0 saturated carbocycles. The lowest BCUT2D eigenvalue weighted by Crippen LogP contribution is -2.46. The largest absolute Gasteiger partial charge is 0.349 e. The van der Waals surface area contributed by atoms with Gasteiger partial charge in [-0.2, -0.15) is 0 Å². The normalized spacial score (nSPS) is 15.2. The summed E-state index contributed by atoms with van der Waals surface area (Å²) in [5.74, 6) is 0.853. The van der Waals surface area contributed by atoms with E-state index in [9.17, 15) is 9.59 Å². The Balaban J connectivity index is 1.73. The third kappa shape index (κ3) is 3.57. The van der Waals surface area contributed by atoms with Crippen molar-refractivity contribution in [1.82, 2.24) is 19.8 Å². The summed E-state index contributed by atoms with van der Waals surface area (Å²) < 4.78 is 1.99. The zero-order chi connectivity index (χ0) is 18.0. The molecule has 0 atom stereocenters. The zero-order valence-corrected chi connectivity index (χ0v) is 15.0. The predicted molar refractivity (Wildman–Crippen MR) is 95.8 cm³/mol. The van der Waals surface area contributed by atoms with Gasteiger partial charge in [0.05, 0.1) is 5.56 Å². The van der Waals surface area contributed by atoms with E-state index < -0.39 is 0 Å². The summed E-state index contributed by atoms with van der Waals surface area (Å²) in [6.45, 7) is 6.91. The van der Waals surface area contributed by atoms with E-state index in [1.54, 1.807) is 13.1 Å². The zero-order valence-electron chi connectivity index (χ0n) is 15.0. The van der Waals surface area contributed by atoms with Gasteiger partial charge in [0.15, 0.2) is 0 Å². The third-order valence-corrected chi connectivity index (χ3v) is 4.83. The molecule has 6 nitrogen and oxygen atoms in total. The molecule has 0 spiro atoms. The van der Waals surface area contributed by atoms with Crippen molar-refractivity contribution in [2.75, 3.05) is 13.1 Å². The van der Waals surface area contributed by atoms with Crippen LogP contribution in [0.15, 0.2) is 30.5 Å². The Morgan fingerprint density at radius 1 is 1.20 bits per heavy atom. The van der Waals surface area contributed by atoms with Crippen molar-refractivity contribution in [3.63, 3.8) is 0 Å². The Hall–Kier alpha value is -2.63. The number of piperidine rings is 1. The van der Waals surface area contributed by atoms with Gasteiger partial charge in [-0.15, -0.1) is 0 Å². The minimum absolute atomic E-state index is 0.0587. The number of rotatable bonds is 3. The molecular formula is C19H24N4O2. The van der Waals surface area contributed by atoms with Gasteiger partial charge in [-0.25, -0.2) is 4.98 Å². The lowest BCUT2D eigenvalue weighted by atomic mass is 10.0. The molecule has 1 N–H and O–H groups in total. The van der Waals surface area contributed by atoms with E-state index in [0.717, 1.165) is 30.0 Å². The topological polar surface area (TPSA) is 67.2 Å². The fraction of sp³-hybridized carbons (Fsp3) is 0.421. The Morgan fingerprint density at radius 2 is 1.92 bits per heavy atom. The molecule has 2 aromatic rings. The van der Waals surface area contributed by atoms with Gasteiger partial charge in [0.2, 0.25) is 5.91 Å². The molecule has 0 bridgehead atoms. The molecule has 0 aromatic carbocycles. The molecule has 1 aliphatic rings. The van der Waals surface area contributed by atoms with Crippen molar-refractivity contribution < 1.29 is 9.59 Å². The Morgan fingerprint density at radius 3 is 2.52 bits per heavy atom. The fourth-order valence-electron chi connectivity index (χ4n) is 3.43. The third-order valence-electron chi connectivity index (χ3n) is 4.83. The smallest absolute Gasteiger partial charge is 0.253 e. The second-order valence-electron chi connectivity index (χ2n) is 6.56. The lowest BCUT2D eigenvalue weighted by molar-refractivity contribution is -0.129. The monoisotopic (exact) mass is 340 g/mol. The first-order valence-electron chi connectivity index (χ1n) is 8.64. The molecule has 1 fully saturated rings. The van der Waals surface area contributed by atoms with E-state index in [4.69, 9.17) is 0 Å². The van der Waals surface area contributed by atoms with Crippen LogP contribution in [0.3, 0.4) is 0 Å². The second kappa shape index (κ2) is 7.09. The highest BCUT2D eigenvalue weighted by molar-refractivity contribution is 5.96. The Labute approximate surface area is 147 Å². The number of carbonyl (C=O) groups excluding carboxylic acids is 2. The van der Waals surface area contributed by atoms with Gasteiger partial charge < -0.3 is 14.8 Å². The van der Waals surface area contributed by atoms with Crippen LogP contribution in [0.5, 0.6) is 0 Å². The van der Waals surface area contributed by atoms with Crippen LogP contribution in [-0.4, -0.2) is 45.4 Å². The number of pyridine rings is 1. The number of likely N-dealkylation sites (tertiary alicyclic amines) is 1. The average Bonchev–Trinajstić information content (AvgIpc) is 2.90. The van der Waals surface area contributed by atoms with E-state index in [0.29, 0.717) is 18.7 Å². The molecule has 25 heavy (non-hydrogen) atoms. The molecule has 0 aliphatic carbocycles. The second-order valence-corrected chi connectivity index (χ2v) is 6.56. The van der Waals surface area contributed by atoms with Crippen molar-refractivity contribution in [3.8, 4) is 5.82 Å². The first-order valence-corrected chi connectivity index (χ1v) is 8.64. The molecule has 3 rings (SSSR count). The highest BCUT2D eigenvalue weighted by atomic mass is 16.2. The fourth-order valence-corrected chi connectivity index (χ4v) is 3.43. The molecule has 2 aromatic heterocycles. The summed E-state index contributed by atoms with van der Waals surface area (Å²) in [5.41, 5.74) is 2.54. The van der Waals surface area contributed by atoms with E-state index in [2.05, 4.69) is 10.3 Å². The van der Waals surface area contributed by atoms with Gasteiger partial charge in [0, 0.05) is 43.6 Å². The number of carbonyl (C=O) groups is 2. The van der Waals surface area contributed by atoms with Crippen LogP contribution in [-0.2, 0) is 4.79 Å². The molecule has 1 aliphatic heterocycles. The summed E-state index contributed by atoms with van der Waals surface area (Å²) in [4.78, 5) is 30.3. The average molecular weight is 340 g/mol. The van der Waals surface area contributed by atoms with E-state index in [1.165, 1.54) is 0 Å². The quantitative estimate of drug-likeness (QED) is 0.932. The molecule has 2 amide bonds. The van der Waals surface area contributed by atoms with Crippen LogP contribution >= 0.6 is 0 Å². The van der Waals surface area contributed by atoms with Crippen molar-refractivity contribution in [3.05, 3.63) is 47.4 Å². The summed E-state index contributed by atoms with van der Waals surface area (Å²) in [6, 6.07) is 7.76. The number of hydrogen-bond donors (Lipinski definition) is 1. The van der Waals surface area contributed by atoms with Crippen molar-refractivity contribution in [2.45, 2.75) is 39.7 Å². The Kier molecular flexibility index (Phi) is 4.88. The maximum Gasteiger partial charge on any atom is 0.253 e. The number of hydrogen-bond acceptors (Lipinski definition) is 3. The summed E-state index contributed by atoms with van der Waals surface area (Å²) in [5, 5.41) is 3.12. The van der Waals surface area contributed by atoms with E-state index in [-0.39, 0.29) is 17.9 Å². The van der Waals surface area contributed by atoms with Gasteiger partial charge in [-0.1, -0.05) is 6.07 Å². The van der Waals surface area contributed by atoms with Crippen LogP contribution in [0.25, 0.3) is 5.82 Å². The maximum absolute atomic E-state index is 12.7. The molecule has 6 heteroatoms.